The van der Waals surface area contributed by atoms with Crippen molar-refractivity contribution in [3.05, 3.63) is 35.5 Å². The van der Waals surface area contributed by atoms with E-state index >= 15 is 0 Å². The third kappa shape index (κ3) is 6.97. The number of rotatable bonds is 7. The number of hydrogen-bond donors (Lipinski definition) is 0. The van der Waals surface area contributed by atoms with Gasteiger partial charge < -0.3 is 8.85 Å². The van der Waals surface area contributed by atoms with Gasteiger partial charge in [0.15, 0.2) is 16.6 Å². The molecule has 0 N–H and O–H groups in total. The molecule has 0 saturated heterocycles. The summed E-state index contributed by atoms with van der Waals surface area (Å²) in [6, 6.07) is 0. The average Bonchev–Trinajstić information content (AvgIpc) is 3.15. The fourth-order valence-electron chi connectivity index (χ4n) is 7.19. The first-order valence-electron chi connectivity index (χ1n) is 16.2. The van der Waals surface area contributed by atoms with E-state index in [4.69, 9.17) is 8.85 Å². The zero-order valence-corrected chi connectivity index (χ0v) is 30.2. The molecule has 39 heavy (non-hydrogen) atoms. The maximum Gasteiger partial charge on any atom is 0.192 e. The average molecular weight is 573 g/mol. The second kappa shape index (κ2) is 11.7. The normalized spacial score (nSPS) is 34.0. The Hall–Kier alpha value is -0.426. The van der Waals surface area contributed by atoms with Gasteiger partial charge in [-0.15, -0.1) is 0 Å². The summed E-state index contributed by atoms with van der Waals surface area (Å²) in [7, 11) is -3.88. The highest BCUT2D eigenvalue weighted by Gasteiger charge is 2.50. The van der Waals surface area contributed by atoms with E-state index in [1.807, 2.05) is 0 Å². The van der Waals surface area contributed by atoms with Gasteiger partial charge >= 0.3 is 0 Å². The number of hydrogen-bond acceptors (Lipinski definition) is 2. The largest absolute Gasteiger partial charge is 0.410 e. The van der Waals surface area contributed by atoms with Crippen molar-refractivity contribution in [1.29, 1.82) is 0 Å². The van der Waals surface area contributed by atoms with E-state index in [2.05, 4.69) is 107 Å². The zero-order valence-electron chi connectivity index (χ0n) is 28.2. The highest BCUT2D eigenvalue weighted by Crippen LogP contribution is 2.59. The molecule has 0 amide bonds. The molecule has 0 radical (unpaired) electrons. The molecule has 0 bridgehead atoms. The SMILES string of the molecule is C=C1[C@@H](O[Si](C)(C)C(C)(C)C)CC(=C/C=C2\CCC[C@@]3(C)C2CC[C@@H]3[C@@H](C)CC)C[C@H]1O[Si](C)(C)C(C)(C)C. The Kier molecular flexibility index (Phi) is 9.91. The third-order valence-electron chi connectivity index (χ3n) is 12.1. The quantitative estimate of drug-likeness (QED) is 0.223. The molecule has 0 aromatic carbocycles. The fraction of sp³-hybridized carbons (Fsp3) is 0.829. The molecule has 4 heteroatoms. The summed E-state index contributed by atoms with van der Waals surface area (Å²) >= 11 is 0. The van der Waals surface area contributed by atoms with Gasteiger partial charge in [0.2, 0.25) is 0 Å². The lowest BCUT2D eigenvalue weighted by atomic mass is 9.61. The highest BCUT2D eigenvalue weighted by atomic mass is 28.4. The van der Waals surface area contributed by atoms with Crippen molar-refractivity contribution in [3.63, 3.8) is 0 Å². The van der Waals surface area contributed by atoms with Gasteiger partial charge in [-0.1, -0.05) is 98.6 Å². The van der Waals surface area contributed by atoms with E-state index in [0.717, 1.165) is 30.6 Å². The summed E-state index contributed by atoms with van der Waals surface area (Å²) in [6.07, 6.45) is 15.2. The van der Waals surface area contributed by atoms with Crippen molar-refractivity contribution < 1.29 is 8.85 Å². The van der Waals surface area contributed by atoms with E-state index in [1.54, 1.807) is 5.57 Å². The second-order valence-electron chi connectivity index (χ2n) is 16.8. The van der Waals surface area contributed by atoms with Crippen molar-refractivity contribution in [2.45, 2.75) is 162 Å². The van der Waals surface area contributed by atoms with Crippen LogP contribution in [0.25, 0.3) is 0 Å². The Morgan fingerprint density at radius 3 is 1.90 bits per heavy atom. The van der Waals surface area contributed by atoms with Gasteiger partial charge in [0.1, 0.15) is 0 Å². The zero-order chi connectivity index (χ0) is 29.6. The lowest BCUT2D eigenvalue weighted by Gasteiger charge is -2.46. The summed E-state index contributed by atoms with van der Waals surface area (Å²) < 4.78 is 14.1. The van der Waals surface area contributed by atoms with Crippen molar-refractivity contribution in [2.24, 2.45) is 23.2 Å². The maximum atomic E-state index is 7.06. The molecule has 0 aromatic rings. The van der Waals surface area contributed by atoms with Crippen LogP contribution in [0.2, 0.25) is 36.3 Å². The van der Waals surface area contributed by atoms with E-state index in [-0.39, 0.29) is 22.3 Å². The molecular formula is C35H64O2Si2. The molecule has 0 heterocycles. The van der Waals surface area contributed by atoms with Crippen LogP contribution in [0.4, 0.5) is 0 Å². The lowest BCUT2D eigenvalue weighted by molar-refractivity contribution is 0.0961. The molecule has 3 saturated carbocycles. The Balaban J connectivity index is 1.92. The summed E-state index contributed by atoms with van der Waals surface area (Å²) in [5, 5.41) is 0.348. The predicted octanol–water partition coefficient (Wildman–Crippen LogP) is 11.2. The summed E-state index contributed by atoms with van der Waals surface area (Å²) in [5.41, 5.74) is 4.87. The van der Waals surface area contributed by atoms with Crippen molar-refractivity contribution in [3.8, 4) is 0 Å². The smallest absolute Gasteiger partial charge is 0.192 e. The van der Waals surface area contributed by atoms with Gasteiger partial charge in [-0.05, 0) is 110 Å². The fourth-order valence-corrected chi connectivity index (χ4v) is 9.79. The molecule has 3 rings (SSSR count). The Bertz CT molecular complexity index is 903. The van der Waals surface area contributed by atoms with E-state index in [9.17, 15) is 0 Å². The van der Waals surface area contributed by atoms with Gasteiger partial charge in [0.05, 0.1) is 12.2 Å². The van der Waals surface area contributed by atoms with Crippen LogP contribution in [0.15, 0.2) is 35.5 Å². The van der Waals surface area contributed by atoms with Crippen molar-refractivity contribution >= 4 is 16.6 Å². The number of allylic oxidation sites excluding steroid dienone is 3. The van der Waals surface area contributed by atoms with Crippen LogP contribution in [-0.4, -0.2) is 28.8 Å². The summed E-state index contributed by atoms with van der Waals surface area (Å²) in [6.45, 7) is 35.7. The minimum absolute atomic E-state index is 0.0527. The van der Waals surface area contributed by atoms with Crippen LogP contribution in [0.3, 0.4) is 0 Å². The minimum Gasteiger partial charge on any atom is -0.410 e. The van der Waals surface area contributed by atoms with Crippen molar-refractivity contribution in [2.75, 3.05) is 0 Å². The maximum absolute atomic E-state index is 7.06. The first kappa shape index (κ1) is 33.1. The van der Waals surface area contributed by atoms with Gasteiger partial charge in [0.25, 0.3) is 0 Å². The molecule has 3 aliphatic rings. The topological polar surface area (TPSA) is 18.5 Å². The molecule has 3 aliphatic carbocycles. The van der Waals surface area contributed by atoms with Gasteiger partial charge in [-0.3, -0.25) is 0 Å². The first-order valence-corrected chi connectivity index (χ1v) is 22.0. The molecule has 0 spiro atoms. The van der Waals surface area contributed by atoms with E-state index in [1.165, 1.54) is 49.7 Å². The summed E-state index contributed by atoms with van der Waals surface area (Å²) in [5.74, 6) is 2.48. The molecule has 3 fully saturated rings. The molecule has 6 atom stereocenters. The number of fused-ring (bicyclic) bond motifs is 1. The lowest BCUT2D eigenvalue weighted by Crippen LogP contribution is -2.49. The van der Waals surface area contributed by atoms with Crippen molar-refractivity contribution in [1.82, 2.24) is 0 Å². The van der Waals surface area contributed by atoms with Gasteiger partial charge in [-0.25, -0.2) is 0 Å². The molecule has 2 nitrogen and oxygen atoms in total. The van der Waals surface area contributed by atoms with Gasteiger partial charge in [-0.2, -0.15) is 0 Å². The second-order valence-corrected chi connectivity index (χ2v) is 26.3. The van der Waals surface area contributed by atoms with Crippen LogP contribution in [0.1, 0.15) is 114 Å². The van der Waals surface area contributed by atoms with Gasteiger partial charge in [0, 0.05) is 0 Å². The van der Waals surface area contributed by atoms with Crippen LogP contribution in [0, 0.1) is 23.2 Å². The molecule has 0 aliphatic heterocycles. The minimum atomic E-state index is -1.94. The van der Waals surface area contributed by atoms with Crippen LogP contribution in [0.5, 0.6) is 0 Å². The van der Waals surface area contributed by atoms with E-state index in [0.29, 0.717) is 5.41 Å². The first-order chi connectivity index (χ1) is 17.7. The molecule has 0 aromatic heterocycles. The predicted molar refractivity (Wildman–Crippen MR) is 176 cm³/mol. The third-order valence-corrected chi connectivity index (χ3v) is 21.1. The van der Waals surface area contributed by atoms with Crippen LogP contribution in [-0.2, 0) is 8.85 Å². The highest BCUT2D eigenvalue weighted by molar-refractivity contribution is 6.74. The standard InChI is InChI=1S/C35H64O2Si2/c1-15-25(2)29-20-21-30-28(17-16-22-35(29,30)10)19-18-27-23-31(36-38(11,12)33(4,5)6)26(3)32(24-27)37-39(13,14)34(7,8)9/h18-19,25,29-32H,3,15-17,20-24H2,1-2,4-14H3/b27-18?,28-19+/t25-,29+,30?,31-,32+,35+/m0/s1. The molecule has 1 unspecified atom stereocenters. The molecule has 224 valence electrons. The monoisotopic (exact) mass is 572 g/mol. The Morgan fingerprint density at radius 2 is 1.44 bits per heavy atom. The summed E-state index contributed by atoms with van der Waals surface area (Å²) in [4.78, 5) is 0. The van der Waals surface area contributed by atoms with Crippen LogP contribution < -0.4 is 0 Å². The van der Waals surface area contributed by atoms with E-state index < -0.39 is 16.6 Å². The van der Waals surface area contributed by atoms with Crippen LogP contribution >= 0.6 is 0 Å². The Morgan fingerprint density at radius 1 is 0.923 bits per heavy atom. The molecular weight excluding hydrogens is 509 g/mol. The Labute approximate surface area is 245 Å².